The van der Waals surface area contributed by atoms with Gasteiger partial charge in [0.1, 0.15) is 17.0 Å². The van der Waals surface area contributed by atoms with Crippen molar-refractivity contribution in [2.24, 2.45) is 4.99 Å². The minimum Gasteiger partial charge on any atom is -0.613 e. The van der Waals surface area contributed by atoms with E-state index in [0.717, 1.165) is 66.7 Å². The summed E-state index contributed by atoms with van der Waals surface area (Å²) in [6.07, 6.45) is -0.726. The van der Waals surface area contributed by atoms with Crippen LogP contribution < -0.4 is 5.32 Å². The molecule has 1 aliphatic heterocycles. The highest BCUT2D eigenvalue weighted by atomic mass is 16.3. The lowest BCUT2D eigenvalue weighted by Crippen LogP contribution is -2.34. The number of hydrogen-bond donors (Lipinski definition) is 1. The summed E-state index contributed by atoms with van der Waals surface area (Å²) in [5, 5.41) is 13.5. The van der Waals surface area contributed by atoms with Crippen LogP contribution in [0.1, 0.15) is 29.0 Å². The van der Waals surface area contributed by atoms with Gasteiger partial charge < -0.3 is 19.6 Å². The molecule has 8 aromatic carbocycles. The molecule has 11 rings (SSSR count). The molecule has 0 saturated heterocycles. The normalized spacial score (nSPS) is 15.7. The van der Waals surface area contributed by atoms with Crippen molar-refractivity contribution in [1.29, 1.82) is 0 Å². The SMILES string of the molecule is c1ccc(-c2cccc(C3=NC(c4ccc5oc6ccc7c8ccccc8n(-c8cccc(-c9ccccc9)c8)c7c6c5c4)[N-]C(c4ccccc4)N3)c2)cc1. The van der Waals surface area contributed by atoms with Crippen molar-refractivity contribution >= 4 is 49.6 Å². The van der Waals surface area contributed by atoms with Gasteiger partial charge in [0.25, 0.3) is 0 Å². The van der Waals surface area contributed by atoms with Crippen LogP contribution in [0.3, 0.4) is 0 Å². The van der Waals surface area contributed by atoms with E-state index in [1.54, 1.807) is 0 Å². The second-order valence-electron chi connectivity index (χ2n) is 14.4. The highest BCUT2D eigenvalue weighted by Gasteiger charge is 2.22. The van der Waals surface area contributed by atoms with Gasteiger partial charge in [-0.2, -0.15) is 0 Å². The average Bonchev–Trinajstić information content (AvgIpc) is 3.83. The Bertz CT molecular complexity index is 3090. The minimum absolute atomic E-state index is 0.281. The van der Waals surface area contributed by atoms with E-state index < -0.39 is 6.17 Å². The highest BCUT2D eigenvalue weighted by molar-refractivity contribution is 6.24. The molecule has 3 heterocycles. The zero-order chi connectivity index (χ0) is 37.0. The van der Waals surface area contributed by atoms with Gasteiger partial charge in [-0.05, 0) is 94.2 Å². The smallest absolute Gasteiger partial charge is 0.137 e. The van der Waals surface area contributed by atoms with E-state index in [4.69, 9.17) is 14.7 Å². The van der Waals surface area contributed by atoms with Gasteiger partial charge in [-0.1, -0.05) is 146 Å². The molecule has 1 aliphatic rings. The third-order valence-electron chi connectivity index (χ3n) is 11.0. The standard InChI is InChI=1S/C51H35N4O/c1-4-14-33(15-5-1)36-20-12-22-38(30-36)50-52-49(35-18-8-3-9-19-35)53-51(54-50)39-26-28-45-43(32-39)47-46(56-45)29-27-42-41-24-10-11-25-44(41)55(48(42)47)40-23-13-21-37(31-40)34-16-6-2-7-17-34/h1-32,49,51H,(H,52,54)/q-1. The van der Waals surface area contributed by atoms with E-state index in [1.165, 1.54) is 27.5 Å². The van der Waals surface area contributed by atoms with E-state index >= 15 is 0 Å². The first-order valence-corrected chi connectivity index (χ1v) is 19.0. The zero-order valence-electron chi connectivity index (χ0n) is 30.4. The van der Waals surface area contributed by atoms with Crippen LogP contribution in [0.15, 0.2) is 204 Å². The maximum absolute atomic E-state index is 6.63. The van der Waals surface area contributed by atoms with Crippen LogP contribution in [-0.4, -0.2) is 10.4 Å². The van der Waals surface area contributed by atoms with Gasteiger partial charge in [0.15, 0.2) is 0 Å². The van der Waals surface area contributed by atoms with E-state index in [1.807, 2.05) is 12.1 Å². The van der Waals surface area contributed by atoms with Gasteiger partial charge in [-0.15, -0.1) is 0 Å². The highest BCUT2D eigenvalue weighted by Crippen LogP contribution is 2.43. The lowest BCUT2D eigenvalue weighted by molar-refractivity contribution is 0.631. The van der Waals surface area contributed by atoms with Crippen LogP contribution in [-0.2, 0) is 0 Å². The number of furan rings is 1. The Morgan fingerprint density at radius 2 is 1.12 bits per heavy atom. The Morgan fingerprint density at radius 1 is 0.482 bits per heavy atom. The monoisotopic (exact) mass is 719 g/mol. The molecule has 10 aromatic rings. The van der Waals surface area contributed by atoms with Gasteiger partial charge in [0, 0.05) is 27.4 Å². The van der Waals surface area contributed by atoms with Crippen molar-refractivity contribution in [1.82, 2.24) is 9.88 Å². The minimum atomic E-state index is -0.446. The second kappa shape index (κ2) is 13.3. The summed E-state index contributed by atoms with van der Waals surface area (Å²) in [6, 6.07) is 68.3. The van der Waals surface area contributed by atoms with Crippen molar-refractivity contribution < 1.29 is 4.42 Å². The maximum Gasteiger partial charge on any atom is 0.137 e. The van der Waals surface area contributed by atoms with E-state index in [9.17, 15) is 0 Å². The average molecular weight is 720 g/mol. The molecule has 0 spiro atoms. The molecule has 2 atom stereocenters. The van der Waals surface area contributed by atoms with Gasteiger partial charge in [-0.3, -0.25) is 4.99 Å². The molecule has 5 nitrogen and oxygen atoms in total. The Kier molecular flexibility index (Phi) is 7.64. The van der Waals surface area contributed by atoms with E-state index in [0.29, 0.717) is 0 Å². The van der Waals surface area contributed by atoms with Gasteiger partial charge in [-0.25, -0.2) is 0 Å². The number of para-hydroxylation sites is 1. The van der Waals surface area contributed by atoms with Crippen molar-refractivity contribution in [2.45, 2.75) is 12.3 Å². The number of benzene rings is 8. The number of aromatic nitrogens is 1. The third-order valence-corrected chi connectivity index (χ3v) is 11.0. The summed E-state index contributed by atoms with van der Waals surface area (Å²) in [5.41, 5.74) is 12.8. The maximum atomic E-state index is 6.63. The molecule has 0 fully saturated rings. The molecule has 0 saturated carbocycles. The first kappa shape index (κ1) is 32.2. The summed E-state index contributed by atoms with van der Waals surface area (Å²) >= 11 is 0. The number of nitrogens with zero attached hydrogens (tertiary/aromatic N) is 3. The lowest BCUT2D eigenvalue weighted by atomic mass is 10.0. The van der Waals surface area contributed by atoms with Gasteiger partial charge in [0.2, 0.25) is 0 Å². The fourth-order valence-electron chi connectivity index (χ4n) is 8.32. The molecule has 0 radical (unpaired) electrons. The number of hydrogen-bond acceptors (Lipinski definition) is 3. The number of aliphatic imine (C=N–C) groups is 1. The molecule has 0 bridgehead atoms. The fourth-order valence-corrected chi connectivity index (χ4v) is 8.32. The Hall–Kier alpha value is -7.21. The van der Waals surface area contributed by atoms with Crippen LogP contribution in [0.4, 0.5) is 0 Å². The number of nitrogens with one attached hydrogen (secondary N) is 1. The predicted octanol–water partition coefficient (Wildman–Crippen LogP) is 13.1. The first-order chi connectivity index (χ1) is 27.7. The summed E-state index contributed by atoms with van der Waals surface area (Å²) in [7, 11) is 0. The summed E-state index contributed by atoms with van der Waals surface area (Å²) < 4.78 is 9.03. The van der Waals surface area contributed by atoms with Crippen LogP contribution >= 0.6 is 0 Å². The Labute approximate surface area is 324 Å². The Balaban J connectivity index is 1.10. The fraction of sp³-hybridized carbons (Fsp3) is 0.0392. The topological polar surface area (TPSA) is 56.6 Å². The second-order valence-corrected chi connectivity index (χ2v) is 14.4. The lowest BCUT2D eigenvalue weighted by Gasteiger charge is -2.44. The van der Waals surface area contributed by atoms with Gasteiger partial charge >= 0.3 is 0 Å². The van der Waals surface area contributed by atoms with E-state index in [-0.39, 0.29) is 6.17 Å². The van der Waals surface area contributed by atoms with Crippen molar-refractivity contribution in [3.8, 4) is 27.9 Å². The summed E-state index contributed by atoms with van der Waals surface area (Å²) in [4.78, 5) is 5.31. The molecule has 56 heavy (non-hydrogen) atoms. The molecule has 2 unspecified atom stereocenters. The number of fused-ring (bicyclic) bond motifs is 7. The van der Waals surface area contributed by atoms with E-state index in [2.05, 4.69) is 192 Å². The molecule has 1 N–H and O–H groups in total. The summed E-state index contributed by atoms with van der Waals surface area (Å²) in [5.74, 6) is 0.814. The quantitative estimate of drug-likeness (QED) is 0.186. The van der Waals surface area contributed by atoms with Crippen LogP contribution in [0.2, 0.25) is 0 Å². The number of amidine groups is 1. The molecular weight excluding hydrogens is 685 g/mol. The van der Waals surface area contributed by atoms with Crippen LogP contribution in [0.5, 0.6) is 0 Å². The zero-order valence-corrected chi connectivity index (χ0v) is 30.4. The molecule has 0 amide bonds. The summed E-state index contributed by atoms with van der Waals surface area (Å²) in [6.45, 7) is 0. The van der Waals surface area contributed by atoms with Crippen molar-refractivity contribution in [2.75, 3.05) is 0 Å². The van der Waals surface area contributed by atoms with Crippen LogP contribution in [0.25, 0.3) is 77.0 Å². The van der Waals surface area contributed by atoms with Gasteiger partial charge in [0.05, 0.1) is 16.4 Å². The largest absolute Gasteiger partial charge is 0.613 e. The number of rotatable bonds is 6. The first-order valence-electron chi connectivity index (χ1n) is 19.0. The predicted molar refractivity (Wildman–Crippen MR) is 230 cm³/mol. The molecule has 0 aliphatic carbocycles. The molecule has 5 heteroatoms. The van der Waals surface area contributed by atoms with Crippen molar-refractivity contribution in [3.05, 3.63) is 216 Å². The van der Waals surface area contributed by atoms with Crippen LogP contribution in [0, 0.1) is 0 Å². The Morgan fingerprint density at radius 3 is 1.91 bits per heavy atom. The van der Waals surface area contributed by atoms with Crippen molar-refractivity contribution in [3.63, 3.8) is 0 Å². The molecule has 2 aromatic heterocycles. The third kappa shape index (κ3) is 5.48. The molecular formula is C51H35N4O-. The molecule has 266 valence electrons.